The van der Waals surface area contributed by atoms with Crippen LogP contribution in [0.25, 0.3) is 88.3 Å². The topological polar surface area (TPSA) is 42.4 Å². The molecule has 0 saturated carbocycles. The van der Waals surface area contributed by atoms with Gasteiger partial charge in [-0.3, -0.25) is 0 Å². The molecule has 0 aliphatic carbocycles. The summed E-state index contributed by atoms with van der Waals surface area (Å²) in [6, 6.07) is 68.1. The number of rotatable bonds is 6. The van der Waals surface area contributed by atoms with E-state index in [0.29, 0.717) is 5.89 Å². The van der Waals surface area contributed by atoms with Crippen LogP contribution in [0.15, 0.2) is 203 Å². The van der Waals surface area contributed by atoms with Gasteiger partial charge in [-0.15, -0.1) is 0 Å². The summed E-state index contributed by atoms with van der Waals surface area (Å²) in [6.07, 6.45) is 0. The zero-order chi connectivity index (χ0) is 36.3. The van der Waals surface area contributed by atoms with Gasteiger partial charge in [0, 0.05) is 33.3 Å². The Bertz CT molecular complexity index is 3200. The molecule has 0 fully saturated rings. The molecule has 0 bridgehead atoms. The average Bonchev–Trinajstić information content (AvgIpc) is 3.85. The number of hydrogen-bond acceptors (Lipinski definition) is 4. The molecule has 55 heavy (non-hydrogen) atoms. The van der Waals surface area contributed by atoms with Crippen LogP contribution in [0.1, 0.15) is 0 Å². The summed E-state index contributed by atoms with van der Waals surface area (Å²) in [6.45, 7) is 0. The second-order valence-corrected chi connectivity index (χ2v) is 13.9. The number of oxazole rings is 1. The fraction of sp³-hybridized carbons (Fsp3) is 0. The summed E-state index contributed by atoms with van der Waals surface area (Å²) in [5.41, 5.74) is 11.5. The lowest BCUT2D eigenvalue weighted by molar-refractivity contribution is 0.620. The van der Waals surface area contributed by atoms with E-state index in [1.807, 2.05) is 48.5 Å². The molecule has 258 valence electrons. The monoisotopic (exact) mass is 704 g/mol. The van der Waals surface area contributed by atoms with Crippen molar-refractivity contribution in [2.75, 3.05) is 4.90 Å². The van der Waals surface area contributed by atoms with Crippen LogP contribution in [0.2, 0.25) is 0 Å². The van der Waals surface area contributed by atoms with Crippen molar-refractivity contribution in [1.29, 1.82) is 0 Å². The van der Waals surface area contributed by atoms with Crippen LogP contribution in [0.4, 0.5) is 17.1 Å². The first-order valence-electron chi connectivity index (χ1n) is 18.5. The number of hydrogen-bond donors (Lipinski definition) is 0. The second kappa shape index (κ2) is 12.6. The molecule has 0 aliphatic rings. The van der Waals surface area contributed by atoms with Crippen molar-refractivity contribution >= 4 is 71.6 Å². The molecule has 0 unspecified atom stereocenters. The van der Waals surface area contributed by atoms with Crippen molar-refractivity contribution in [3.05, 3.63) is 194 Å². The number of para-hydroxylation sites is 2. The van der Waals surface area contributed by atoms with Crippen molar-refractivity contribution in [1.82, 2.24) is 4.98 Å². The zero-order valence-corrected chi connectivity index (χ0v) is 29.7. The van der Waals surface area contributed by atoms with E-state index in [9.17, 15) is 0 Å². The summed E-state index contributed by atoms with van der Waals surface area (Å²) in [7, 11) is 0. The number of benzene rings is 9. The Morgan fingerprint density at radius 1 is 0.400 bits per heavy atom. The number of nitrogens with zero attached hydrogens (tertiary/aromatic N) is 2. The van der Waals surface area contributed by atoms with Crippen molar-refractivity contribution in [3.8, 4) is 33.7 Å². The van der Waals surface area contributed by atoms with E-state index in [1.165, 1.54) is 21.5 Å². The molecule has 0 aliphatic heterocycles. The van der Waals surface area contributed by atoms with Crippen LogP contribution >= 0.6 is 0 Å². The number of aromatic nitrogens is 1. The summed E-state index contributed by atoms with van der Waals surface area (Å²) in [4.78, 5) is 7.45. The number of fused-ring (bicyclic) bond motifs is 7. The van der Waals surface area contributed by atoms with Crippen molar-refractivity contribution in [2.24, 2.45) is 0 Å². The zero-order valence-electron chi connectivity index (χ0n) is 29.7. The highest BCUT2D eigenvalue weighted by Crippen LogP contribution is 2.45. The molecule has 0 N–H and O–H groups in total. The van der Waals surface area contributed by atoms with Gasteiger partial charge in [0.05, 0.1) is 11.3 Å². The molecule has 2 aromatic heterocycles. The third-order valence-electron chi connectivity index (χ3n) is 10.7. The molecule has 9 aromatic carbocycles. The first-order valence-corrected chi connectivity index (χ1v) is 18.5. The van der Waals surface area contributed by atoms with Gasteiger partial charge in [-0.25, -0.2) is 4.98 Å². The van der Waals surface area contributed by atoms with Crippen molar-refractivity contribution in [3.63, 3.8) is 0 Å². The molecule has 11 aromatic rings. The van der Waals surface area contributed by atoms with Crippen LogP contribution < -0.4 is 4.90 Å². The van der Waals surface area contributed by atoms with Gasteiger partial charge in [0.15, 0.2) is 5.58 Å². The van der Waals surface area contributed by atoms with Crippen LogP contribution in [-0.2, 0) is 0 Å². The molecule has 0 radical (unpaired) electrons. The van der Waals surface area contributed by atoms with E-state index in [0.717, 1.165) is 77.9 Å². The quantitative estimate of drug-likeness (QED) is 0.162. The Labute approximate surface area is 317 Å². The van der Waals surface area contributed by atoms with E-state index in [1.54, 1.807) is 0 Å². The van der Waals surface area contributed by atoms with Crippen LogP contribution in [-0.4, -0.2) is 4.98 Å². The smallest absolute Gasteiger partial charge is 0.227 e. The Morgan fingerprint density at radius 2 is 1.05 bits per heavy atom. The molecule has 11 rings (SSSR count). The number of anilines is 3. The highest BCUT2D eigenvalue weighted by atomic mass is 16.4. The molecule has 2 heterocycles. The lowest BCUT2D eigenvalue weighted by atomic mass is 9.98. The maximum Gasteiger partial charge on any atom is 0.227 e. The standard InChI is InChI=1S/C51H32N2O2/c1-3-13-33(14-4-1)42-19-9-11-21-45(42)53(39-29-30-41-37(31-39)24-23-34-15-7-8-18-40(34)41)38-27-25-35(26-28-38)48-49-47(55-51(52-49)36-16-5-2-6-17-36)32-44-43-20-10-12-22-46(43)54-50(44)48/h1-32H. The van der Waals surface area contributed by atoms with Crippen LogP contribution in [0.5, 0.6) is 0 Å². The summed E-state index contributed by atoms with van der Waals surface area (Å²) in [5.74, 6) is 0.582. The van der Waals surface area contributed by atoms with Gasteiger partial charge in [-0.1, -0.05) is 140 Å². The van der Waals surface area contributed by atoms with Gasteiger partial charge in [0.2, 0.25) is 5.89 Å². The first kappa shape index (κ1) is 31.1. The first-order chi connectivity index (χ1) is 27.3. The molecule has 4 nitrogen and oxygen atoms in total. The second-order valence-electron chi connectivity index (χ2n) is 13.9. The Morgan fingerprint density at radius 3 is 1.89 bits per heavy atom. The van der Waals surface area contributed by atoms with Crippen molar-refractivity contribution < 1.29 is 8.83 Å². The van der Waals surface area contributed by atoms with E-state index < -0.39 is 0 Å². The minimum atomic E-state index is 0.582. The molecule has 0 saturated heterocycles. The Balaban J connectivity index is 1.11. The Kier molecular flexibility index (Phi) is 7.14. The van der Waals surface area contributed by atoms with E-state index in [-0.39, 0.29) is 0 Å². The largest absolute Gasteiger partial charge is 0.455 e. The van der Waals surface area contributed by atoms with E-state index >= 15 is 0 Å². The predicted molar refractivity (Wildman–Crippen MR) is 227 cm³/mol. The minimum absolute atomic E-state index is 0.582. The lowest BCUT2D eigenvalue weighted by Gasteiger charge is -2.28. The van der Waals surface area contributed by atoms with Gasteiger partial charge >= 0.3 is 0 Å². The van der Waals surface area contributed by atoms with Gasteiger partial charge in [0.1, 0.15) is 16.7 Å². The van der Waals surface area contributed by atoms with Crippen LogP contribution in [0, 0.1) is 0 Å². The SMILES string of the molecule is c1ccc(-c2nc3c(-c4ccc(N(c5ccc6c(ccc7ccccc76)c5)c5ccccc5-c5ccccc5)cc4)c4oc5ccccc5c4cc3o2)cc1. The molecular formula is C51H32N2O2. The highest BCUT2D eigenvalue weighted by molar-refractivity contribution is 6.17. The van der Waals surface area contributed by atoms with Crippen molar-refractivity contribution in [2.45, 2.75) is 0 Å². The Hall–Kier alpha value is -7.43. The van der Waals surface area contributed by atoms with Gasteiger partial charge in [-0.2, -0.15) is 0 Å². The normalized spacial score (nSPS) is 11.6. The third-order valence-corrected chi connectivity index (χ3v) is 10.7. The molecule has 0 amide bonds. The molecule has 0 atom stereocenters. The third kappa shape index (κ3) is 5.19. The van der Waals surface area contributed by atoms with Gasteiger partial charge in [-0.05, 0) is 87.3 Å². The molecule has 4 heteroatoms. The van der Waals surface area contributed by atoms with Gasteiger partial charge in [0.25, 0.3) is 0 Å². The fourth-order valence-electron chi connectivity index (χ4n) is 8.09. The fourth-order valence-corrected chi connectivity index (χ4v) is 8.09. The van der Waals surface area contributed by atoms with E-state index in [2.05, 4.69) is 150 Å². The maximum atomic E-state index is 6.62. The summed E-state index contributed by atoms with van der Waals surface area (Å²) in [5, 5.41) is 6.96. The predicted octanol–water partition coefficient (Wildman–Crippen LogP) is 14.5. The molecule has 0 spiro atoms. The lowest BCUT2D eigenvalue weighted by Crippen LogP contribution is -2.11. The highest BCUT2D eigenvalue weighted by Gasteiger charge is 2.23. The minimum Gasteiger partial charge on any atom is -0.455 e. The maximum absolute atomic E-state index is 6.62. The van der Waals surface area contributed by atoms with E-state index in [4.69, 9.17) is 13.8 Å². The average molecular weight is 705 g/mol. The summed E-state index contributed by atoms with van der Waals surface area (Å²) < 4.78 is 13.1. The molecular weight excluding hydrogens is 673 g/mol. The van der Waals surface area contributed by atoms with Gasteiger partial charge < -0.3 is 13.7 Å². The van der Waals surface area contributed by atoms with Crippen LogP contribution in [0.3, 0.4) is 0 Å². The summed E-state index contributed by atoms with van der Waals surface area (Å²) >= 11 is 0. The number of furan rings is 1.